The minimum Gasteiger partial charge on any atom is -0.497 e. The number of nitrogens with one attached hydrogen (secondary N) is 1. The Bertz CT molecular complexity index is 622. The highest BCUT2D eigenvalue weighted by Crippen LogP contribution is 2.30. The van der Waals surface area contributed by atoms with Crippen LogP contribution in [-0.4, -0.2) is 12.1 Å². The Kier molecular flexibility index (Phi) is 3.71. The van der Waals surface area contributed by atoms with Gasteiger partial charge in [-0.05, 0) is 12.1 Å². The third kappa shape index (κ3) is 2.85. The van der Waals surface area contributed by atoms with E-state index >= 15 is 0 Å². The van der Waals surface area contributed by atoms with Gasteiger partial charge in [0, 0.05) is 12.1 Å². The number of benzene rings is 1. The molecular formula is C12H10ClF2N3O. The lowest BCUT2D eigenvalue weighted by Crippen LogP contribution is -2.03. The Morgan fingerprint density at radius 3 is 2.68 bits per heavy atom. The van der Waals surface area contributed by atoms with Crippen LogP contribution in [0.4, 0.5) is 26.1 Å². The molecule has 0 amide bonds. The zero-order valence-corrected chi connectivity index (χ0v) is 10.6. The Morgan fingerprint density at radius 1 is 1.26 bits per heavy atom. The van der Waals surface area contributed by atoms with Crippen LogP contribution in [0.2, 0.25) is 5.02 Å². The Hall–Kier alpha value is -2.08. The van der Waals surface area contributed by atoms with Gasteiger partial charge in [0.15, 0.2) is 23.3 Å². The van der Waals surface area contributed by atoms with E-state index in [-0.39, 0.29) is 5.82 Å². The van der Waals surface area contributed by atoms with Gasteiger partial charge < -0.3 is 15.8 Å². The van der Waals surface area contributed by atoms with Gasteiger partial charge in [0.1, 0.15) is 5.75 Å². The summed E-state index contributed by atoms with van der Waals surface area (Å²) in [7, 11) is 1.49. The molecule has 1 aromatic heterocycles. The maximum absolute atomic E-state index is 13.5. The average Bonchev–Trinajstić information content (AvgIpc) is 2.38. The fourth-order valence-electron chi connectivity index (χ4n) is 1.42. The van der Waals surface area contributed by atoms with Gasteiger partial charge >= 0.3 is 0 Å². The maximum Gasteiger partial charge on any atom is 0.169 e. The van der Waals surface area contributed by atoms with E-state index in [0.717, 1.165) is 0 Å². The molecule has 0 bridgehead atoms. The second-order valence-electron chi connectivity index (χ2n) is 3.66. The van der Waals surface area contributed by atoms with Gasteiger partial charge in [-0.2, -0.15) is 0 Å². The lowest BCUT2D eigenvalue weighted by atomic mass is 10.3. The van der Waals surface area contributed by atoms with Gasteiger partial charge in [-0.15, -0.1) is 0 Å². The molecule has 100 valence electrons. The Balaban J connectivity index is 2.38. The molecule has 0 saturated carbocycles. The molecule has 0 unspecified atom stereocenters. The molecule has 3 N–H and O–H groups in total. The van der Waals surface area contributed by atoms with E-state index in [2.05, 4.69) is 10.3 Å². The number of ether oxygens (including phenoxy) is 1. The Labute approximate surface area is 113 Å². The summed E-state index contributed by atoms with van der Waals surface area (Å²) < 4.78 is 31.6. The van der Waals surface area contributed by atoms with Crippen molar-refractivity contribution in [2.45, 2.75) is 0 Å². The number of halogens is 3. The lowest BCUT2D eigenvalue weighted by Gasteiger charge is -2.10. The van der Waals surface area contributed by atoms with Gasteiger partial charge in [0.2, 0.25) is 0 Å². The first-order chi connectivity index (χ1) is 9.01. The molecule has 0 aliphatic carbocycles. The second kappa shape index (κ2) is 5.27. The number of nitrogens with two attached hydrogens (primary N) is 1. The SMILES string of the molecule is COc1ccc(Cl)c(Nc2nc(N)c(F)cc2F)c1. The molecule has 1 heterocycles. The zero-order chi connectivity index (χ0) is 14.0. The van der Waals surface area contributed by atoms with Crippen molar-refractivity contribution >= 4 is 28.9 Å². The van der Waals surface area contributed by atoms with E-state index in [4.69, 9.17) is 22.1 Å². The summed E-state index contributed by atoms with van der Waals surface area (Å²) in [6, 6.07) is 5.44. The predicted molar refractivity (Wildman–Crippen MR) is 69.9 cm³/mol. The minimum atomic E-state index is -0.917. The topological polar surface area (TPSA) is 60.2 Å². The van der Waals surface area contributed by atoms with E-state index in [1.807, 2.05) is 0 Å². The first-order valence-corrected chi connectivity index (χ1v) is 5.61. The number of rotatable bonds is 3. The fraction of sp³-hybridized carbons (Fsp3) is 0.0833. The summed E-state index contributed by atoms with van der Waals surface area (Å²) in [5.74, 6) is -1.87. The minimum absolute atomic E-state index is 0.214. The maximum atomic E-state index is 13.5. The first kappa shape index (κ1) is 13.4. The summed E-state index contributed by atoms with van der Waals surface area (Å²) in [4.78, 5) is 3.58. The molecule has 0 aliphatic heterocycles. The van der Waals surface area contributed by atoms with Crippen LogP contribution in [0.25, 0.3) is 0 Å². The van der Waals surface area contributed by atoms with E-state index in [1.165, 1.54) is 7.11 Å². The molecule has 0 saturated heterocycles. The molecule has 0 atom stereocenters. The number of nitrogen functional groups attached to an aromatic ring is 1. The van der Waals surface area contributed by atoms with Crippen molar-refractivity contribution in [3.63, 3.8) is 0 Å². The summed E-state index contributed by atoms with van der Waals surface area (Å²) in [5.41, 5.74) is 5.66. The molecule has 0 aliphatic rings. The quantitative estimate of drug-likeness (QED) is 0.908. The highest BCUT2D eigenvalue weighted by Gasteiger charge is 2.11. The molecule has 1 aromatic carbocycles. The number of aromatic nitrogens is 1. The molecule has 2 aromatic rings. The predicted octanol–water partition coefficient (Wildman–Crippen LogP) is 3.35. The van der Waals surface area contributed by atoms with Crippen molar-refractivity contribution in [3.05, 3.63) is 40.9 Å². The fourth-order valence-corrected chi connectivity index (χ4v) is 1.59. The molecule has 0 spiro atoms. The van der Waals surface area contributed by atoms with Gasteiger partial charge in [0.05, 0.1) is 17.8 Å². The summed E-state index contributed by atoms with van der Waals surface area (Å²) in [6.07, 6.45) is 0. The monoisotopic (exact) mass is 285 g/mol. The zero-order valence-electron chi connectivity index (χ0n) is 9.88. The molecule has 0 fully saturated rings. The Morgan fingerprint density at radius 2 is 2.00 bits per heavy atom. The number of hydrogen-bond donors (Lipinski definition) is 2. The number of anilines is 3. The normalized spacial score (nSPS) is 10.3. The van der Waals surface area contributed by atoms with Gasteiger partial charge in [-0.1, -0.05) is 11.6 Å². The van der Waals surface area contributed by atoms with Gasteiger partial charge in [0.25, 0.3) is 0 Å². The largest absolute Gasteiger partial charge is 0.497 e. The summed E-state index contributed by atoms with van der Waals surface area (Å²) >= 11 is 5.95. The van der Waals surface area contributed by atoms with Crippen molar-refractivity contribution in [1.82, 2.24) is 4.98 Å². The van der Waals surface area contributed by atoms with Crippen LogP contribution >= 0.6 is 11.6 Å². The third-order valence-corrected chi connectivity index (χ3v) is 2.71. The standard InChI is InChI=1S/C12H10ClF2N3O/c1-19-6-2-3-7(13)10(4-6)17-12-9(15)5-8(14)11(16)18-12/h2-5H,1H3,(H3,16,17,18). The number of hydrogen-bond acceptors (Lipinski definition) is 4. The van der Waals surface area contributed by atoms with Crippen molar-refractivity contribution in [3.8, 4) is 5.75 Å². The summed E-state index contributed by atoms with van der Waals surface area (Å²) in [5, 5.41) is 2.98. The molecule has 0 radical (unpaired) electrons. The number of methoxy groups -OCH3 is 1. The van der Waals surface area contributed by atoms with Crippen LogP contribution < -0.4 is 15.8 Å². The highest BCUT2D eigenvalue weighted by molar-refractivity contribution is 6.33. The average molecular weight is 286 g/mol. The van der Waals surface area contributed by atoms with Crippen molar-refractivity contribution < 1.29 is 13.5 Å². The summed E-state index contributed by atoms with van der Waals surface area (Å²) in [6.45, 7) is 0. The molecule has 7 heteroatoms. The van der Waals surface area contributed by atoms with Crippen LogP contribution in [-0.2, 0) is 0 Å². The number of pyridine rings is 1. The molecule has 2 rings (SSSR count). The molecular weight excluding hydrogens is 276 g/mol. The van der Waals surface area contributed by atoms with Crippen LogP contribution in [0.5, 0.6) is 5.75 Å². The second-order valence-corrected chi connectivity index (χ2v) is 4.06. The molecule has 4 nitrogen and oxygen atoms in total. The van der Waals surface area contributed by atoms with Gasteiger partial charge in [-0.3, -0.25) is 0 Å². The van der Waals surface area contributed by atoms with Crippen LogP contribution in [0.1, 0.15) is 0 Å². The van der Waals surface area contributed by atoms with E-state index in [1.54, 1.807) is 18.2 Å². The van der Waals surface area contributed by atoms with E-state index < -0.39 is 17.5 Å². The van der Waals surface area contributed by atoms with Crippen molar-refractivity contribution in [2.24, 2.45) is 0 Å². The van der Waals surface area contributed by atoms with Crippen LogP contribution in [0.15, 0.2) is 24.3 Å². The van der Waals surface area contributed by atoms with Gasteiger partial charge in [-0.25, -0.2) is 13.8 Å². The van der Waals surface area contributed by atoms with E-state index in [9.17, 15) is 8.78 Å². The first-order valence-electron chi connectivity index (χ1n) is 5.23. The lowest BCUT2D eigenvalue weighted by molar-refractivity contribution is 0.415. The smallest absolute Gasteiger partial charge is 0.169 e. The number of nitrogens with zero attached hydrogens (tertiary/aromatic N) is 1. The third-order valence-electron chi connectivity index (χ3n) is 2.38. The van der Waals surface area contributed by atoms with Crippen LogP contribution in [0.3, 0.4) is 0 Å². The highest BCUT2D eigenvalue weighted by atomic mass is 35.5. The van der Waals surface area contributed by atoms with Crippen molar-refractivity contribution in [2.75, 3.05) is 18.2 Å². The van der Waals surface area contributed by atoms with Crippen LogP contribution in [0, 0.1) is 11.6 Å². The van der Waals surface area contributed by atoms with Crippen molar-refractivity contribution in [1.29, 1.82) is 0 Å². The molecule has 19 heavy (non-hydrogen) atoms. The van der Waals surface area contributed by atoms with E-state index in [0.29, 0.717) is 22.5 Å².